The molecule has 29 heavy (non-hydrogen) atoms. The van der Waals surface area contributed by atoms with Crippen LogP contribution in [-0.4, -0.2) is 18.4 Å². The van der Waals surface area contributed by atoms with Crippen LogP contribution < -0.4 is 15.8 Å². The number of carbonyl (C=O) groups excluding carboxylic acids is 2. The van der Waals surface area contributed by atoms with Crippen molar-refractivity contribution in [3.8, 4) is 5.75 Å². The molecule has 150 valence electrons. The van der Waals surface area contributed by atoms with E-state index in [4.69, 9.17) is 10.5 Å². The lowest BCUT2D eigenvalue weighted by Crippen LogP contribution is -2.18. The Hall–Kier alpha value is -3.12. The van der Waals surface area contributed by atoms with E-state index in [1.54, 1.807) is 18.2 Å². The number of amides is 2. The molecule has 0 radical (unpaired) electrons. The quantitative estimate of drug-likeness (QED) is 0.562. The minimum absolute atomic E-state index is 0.327. The van der Waals surface area contributed by atoms with Crippen LogP contribution in [0.15, 0.2) is 54.6 Å². The van der Waals surface area contributed by atoms with E-state index in [1.165, 1.54) is 11.3 Å². The van der Waals surface area contributed by atoms with Gasteiger partial charge in [-0.1, -0.05) is 49.4 Å². The molecular formula is C23H24N2O3S. The fourth-order valence-corrected chi connectivity index (χ4v) is 4.30. The summed E-state index contributed by atoms with van der Waals surface area (Å²) in [6, 6.07) is 17.0. The normalized spacial score (nSPS) is 10.6. The first kappa shape index (κ1) is 20.6. The predicted octanol–water partition coefficient (Wildman–Crippen LogP) is 4.79. The first-order valence-corrected chi connectivity index (χ1v) is 10.3. The van der Waals surface area contributed by atoms with E-state index in [0.29, 0.717) is 34.9 Å². The molecule has 0 atom stereocenters. The summed E-state index contributed by atoms with van der Waals surface area (Å²) in [7, 11) is 0. The van der Waals surface area contributed by atoms with E-state index < -0.39 is 5.91 Å². The monoisotopic (exact) mass is 408 g/mol. The Labute approximate surface area is 174 Å². The molecule has 0 bridgehead atoms. The van der Waals surface area contributed by atoms with Gasteiger partial charge in [0.15, 0.2) is 0 Å². The van der Waals surface area contributed by atoms with Crippen LogP contribution in [0.3, 0.4) is 0 Å². The van der Waals surface area contributed by atoms with Gasteiger partial charge in [-0.3, -0.25) is 9.59 Å². The van der Waals surface area contributed by atoms with Crippen molar-refractivity contribution in [2.75, 3.05) is 11.9 Å². The zero-order chi connectivity index (χ0) is 20.8. The molecule has 2 aromatic carbocycles. The number of ether oxygens (including phenoxy) is 1. The standard InChI is InChI=1S/C23H24N2O3S/c1-3-13-28-18-12-8-7-11-17(18)22(27)25-23-20(21(24)26)15(2)19(29-23)14-16-9-5-4-6-10-16/h4-12H,3,13-14H2,1-2H3,(H2,24,26)(H,25,27). The fraction of sp³-hybridized carbons (Fsp3) is 0.217. The third kappa shape index (κ3) is 4.84. The molecule has 0 saturated carbocycles. The fourth-order valence-electron chi connectivity index (χ4n) is 3.06. The highest BCUT2D eigenvalue weighted by Gasteiger charge is 2.22. The van der Waals surface area contributed by atoms with E-state index in [0.717, 1.165) is 22.4 Å². The van der Waals surface area contributed by atoms with E-state index in [-0.39, 0.29) is 5.91 Å². The molecule has 0 aliphatic carbocycles. The number of hydrogen-bond acceptors (Lipinski definition) is 4. The van der Waals surface area contributed by atoms with Crippen molar-refractivity contribution in [3.05, 3.63) is 81.7 Å². The molecule has 5 nitrogen and oxygen atoms in total. The maximum atomic E-state index is 12.9. The summed E-state index contributed by atoms with van der Waals surface area (Å²) in [5.74, 6) is -0.360. The molecular weight excluding hydrogens is 384 g/mol. The molecule has 0 saturated heterocycles. The Bertz CT molecular complexity index is 1010. The molecule has 0 fully saturated rings. The first-order chi connectivity index (χ1) is 14.0. The summed E-state index contributed by atoms with van der Waals surface area (Å²) >= 11 is 1.38. The molecule has 1 heterocycles. The van der Waals surface area contributed by atoms with Crippen LogP contribution in [0.25, 0.3) is 0 Å². The molecule has 0 aliphatic rings. The summed E-state index contributed by atoms with van der Waals surface area (Å²) in [6.07, 6.45) is 1.51. The van der Waals surface area contributed by atoms with Gasteiger partial charge in [-0.2, -0.15) is 0 Å². The Balaban J connectivity index is 1.90. The second kappa shape index (κ2) is 9.39. The van der Waals surface area contributed by atoms with Crippen molar-refractivity contribution in [3.63, 3.8) is 0 Å². The summed E-state index contributed by atoms with van der Waals surface area (Å²) in [4.78, 5) is 26.0. The Morgan fingerprint density at radius 2 is 1.76 bits per heavy atom. The largest absolute Gasteiger partial charge is 0.493 e. The molecule has 3 N–H and O–H groups in total. The van der Waals surface area contributed by atoms with Crippen molar-refractivity contribution in [2.24, 2.45) is 5.73 Å². The molecule has 0 unspecified atom stereocenters. The van der Waals surface area contributed by atoms with Gasteiger partial charge < -0.3 is 15.8 Å². The number of para-hydroxylation sites is 1. The SMILES string of the molecule is CCCOc1ccccc1C(=O)Nc1sc(Cc2ccccc2)c(C)c1C(N)=O. The minimum atomic E-state index is -0.552. The van der Waals surface area contributed by atoms with Crippen LogP contribution >= 0.6 is 11.3 Å². The molecule has 0 spiro atoms. The Morgan fingerprint density at radius 3 is 2.45 bits per heavy atom. The highest BCUT2D eigenvalue weighted by molar-refractivity contribution is 7.17. The van der Waals surface area contributed by atoms with Crippen LogP contribution in [0, 0.1) is 6.92 Å². The third-order valence-electron chi connectivity index (χ3n) is 4.52. The van der Waals surface area contributed by atoms with Gasteiger partial charge in [0.25, 0.3) is 11.8 Å². The van der Waals surface area contributed by atoms with Gasteiger partial charge in [0, 0.05) is 11.3 Å². The predicted molar refractivity (Wildman–Crippen MR) is 117 cm³/mol. The highest BCUT2D eigenvalue weighted by atomic mass is 32.1. The molecule has 1 aromatic heterocycles. The second-order valence-corrected chi connectivity index (χ2v) is 7.78. The minimum Gasteiger partial charge on any atom is -0.493 e. The van der Waals surface area contributed by atoms with Crippen LogP contribution in [0.2, 0.25) is 0 Å². The number of thiophene rings is 1. The number of nitrogens with one attached hydrogen (secondary N) is 1. The van der Waals surface area contributed by atoms with Gasteiger partial charge in [0.1, 0.15) is 10.8 Å². The van der Waals surface area contributed by atoms with Gasteiger partial charge in [-0.25, -0.2) is 0 Å². The van der Waals surface area contributed by atoms with E-state index in [2.05, 4.69) is 5.32 Å². The van der Waals surface area contributed by atoms with Crippen molar-refractivity contribution in [1.82, 2.24) is 0 Å². The molecule has 3 rings (SSSR count). The molecule has 6 heteroatoms. The van der Waals surface area contributed by atoms with Crippen LogP contribution in [0.5, 0.6) is 5.75 Å². The number of anilines is 1. The van der Waals surface area contributed by atoms with Crippen molar-refractivity contribution in [1.29, 1.82) is 0 Å². The van der Waals surface area contributed by atoms with E-state index in [1.807, 2.05) is 50.2 Å². The number of nitrogens with two attached hydrogens (primary N) is 1. The zero-order valence-corrected chi connectivity index (χ0v) is 17.3. The molecule has 0 aliphatic heterocycles. The Morgan fingerprint density at radius 1 is 1.07 bits per heavy atom. The van der Waals surface area contributed by atoms with E-state index in [9.17, 15) is 9.59 Å². The van der Waals surface area contributed by atoms with Gasteiger partial charge in [-0.05, 0) is 36.6 Å². The lowest BCUT2D eigenvalue weighted by Gasteiger charge is -2.11. The maximum absolute atomic E-state index is 12.9. The molecule has 2 amide bonds. The topological polar surface area (TPSA) is 81.4 Å². The van der Waals surface area contributed by atoms with Crippen molar-refractivity contribution in [2.45, 2.75) is 26.7 Å². The Kier molecular flexibility index (Phi) is 6.67. The van der Waals surface area contributed by atoms with Crippen molar-refractivity contribution < 1.29 is 14.3 Å². The van der Waals surface area contributed by atoms with Crippen LogP contribution in [0.1, 0.15) is 50.1 Å². The lowest BCUT2D eigenvalue weighted by atomic mass is 10.1. The second-order valence-electron chi connectivity index (χ2n) is 6.68. The zero-order valence-electron chi connectivity index (χ0n) is 16.5. The van der Waals surface area contributed by atoms with Gasteiger partial charge in [0.05, 0.1) is 17.7 Å². The average Bonchev–Trinajstić information content (AvgIpc) is 3.02. The average molecular weight is 409 g/mol. The van der Waals surface area contributed by atoms with Crippen molar-refractivity contribution >= 4 is 28.2 Å². The summed E-state index contributed by atoms with van der Waals surface area (Å²) in [6.45, 7) is 4.39. The van der Waals surface area contributed by atoms with Crippen LogP contribution in [0.4, 0.5) is 5.00 Å². The summed E-state index contributed by atoms with van der Waals surface area (Å²) < 4.78 is 5.68. The van der Waals surface area contributed by atoms with Crippen LogP contribution in [-0.2, 0) is 6.42 Å². The number of carbonyl (C=O) groups is 2. The summed E-state index contributed by atoms with van der Waals surface area (Å²) in [5.41, 5.74) is 8.34. The number of hydrogen-bond donors (Lipinski definition) is 2. The van der Waals surface area contributed by atoms with Gasteiger partial charge >= 0.3 is 0 Å². The van der Waals surface area contributed by atoms with Gasteiger partial charge in [-0.15, -0.1) is 11.3 Å². The smallest absolute Gasteiger partial charge is 0.260 e. The number of benzene rings is 2. The van der Waals surface area contributed by atoms with Gasteiger partial charge in [0.2, 0.25) is 0 Å². The third-order valence-corrected chi connectivity index (χ3v) is 5.73. The lowest BCUT2D eigenvalue weighted by molar-refractivity contribution is 0.100. The highest BCUT2D eigenvalue weighted by Crippen LogP contribution is 2.35. The number of primary amides is 1. The first-order valence-electron chi connectivity index (χ1n) is 9.50. The molecule has 3 aromatic rings. The maximum Gasteiger partial charge on any atom is 0.260 e. The summed E-state index contributed by atoms with van der Waals surface area (Å²) in [5, 5.41) is 3.34. The number of rotatable bonds is 8. The van der Waals surface area contributed by atoms with E-state index >= 15 is 0 Å².